The molecule has 0 amide bonds. The van der Waals surface area contributed by atoms with Gasteiger partial charge in [-0.1, -0.05) is 32.0 Å². The maximum Gasteiger partial charge on any atom is 0.0886 e. The molecule has 0 radical (unpaired) electrons. The Morgan fingerprint density at radius 2 is 2.06 bits per heavy atom. The monoisotopic (exact) mass is 232 g/mol. The van der Waals surface area contributed by atoms with Crippen LogP contribution in [0, 0.1) is 5.92 Å². The van der Waals surface area contributed by atoms with Crippen molar-refractivity contribution in [3.8, 4) is 0 Å². The molecule has 17 heavy (non-hydrogen) atoms. The highest BCUT2D eigenvalue weighted by Crippen LogP contribution is 2.26. The lowest BCUT2D eigenvalue weighted by Crippen LogP contribution is -2.29. The highest BCUT2D eigenvalue weighted by Gasteiger charge is 2.18. The quantitative estimate of drug-likeness (QED) is 0.627. The predicted molar refractivity (Wildman–Crippen MR) is 70.2 cm³/mol. The second-order valence-electron chi connectivity index (χ2n) is 4.87. The number of para-hydroxylation sites is 1. The van der Waals surface area contributed by atoms with Gasteiger partial charge in [0.2, 0.25) is 0 Å². The molecule has 1 aromatic heterocycles. The summed E-state index contributed by atoms with van der Waals surface area (Å²) in [4.78, 5) is 0. The molecule has 3 N–H and O–H groups in total. The molecule has 0 fully saturated rings. The number of nitrogens with zero attached hydrogens (tertiary/aromatic N) is 2. The predicted octanol–water partition coefficient (Wildman–Crippen LogP) is 2.12. The minimum absolute atomic E-state index is 0.112. The van der Waals surface area contributed by atoms with Gasteiger partial charge in [0.25, 0.3) is 0 Å². The number of hydrogen-bond acceptors (Lipinski definition) is 3. The first-order valence-corrected chi connectivity index (χ1v) is 6.01. The average molecular weight is 232 g/mol. The van der Waals surface area contributed by atoms with Gasteiger partial charge < -0.3 is 0 Å². The molecule has 0 aliphatic rings. The molecule has 0 saturated heterocycles. The zero-order chi connectivity index (χ0) is 12.4. The third-order valence-electron chi connectivity index (χ3n) is 3.02. The van der Waals surface area contributed by atoms with Crippen molar-refractivity contribution in [2.24, 2.45) is 18.8 Å². The second-order valence-corrected chi connectivity index (χ2v) is 4.87. The van der Waals surface area contributed by atoms with Crippen LogP contribution in [-0.2, 0) is 7.05 Å². The van der Waals surface area contributed by atoms with Crippen LogP contribution in [0.3, 0.4) is 0 Å². The normalized spacial score (nSPS) is 13.5. The lowest BCUT2D eigenvalue weighted by molar-refractivity contribution is 0.429. The Labute approximate surface area is 102 Å². The van der Waals surface area contributed by atoms with Gasteiger partial charge in [0.05, 0.1) is 17.3 Å². The number of fused-ring (bicyclic) bond motifs is 1. The van der Waals surface area contributed by atoms with Crippen LogP contribution in [-0.4, -0.2) is 9.78 Å². The van der Waals surface area contributed by atoms with E-state index in [0.29, 0.717) is 5.92 Å². The van der Waals surface area contributed by atoms with Crippen molar-refractivity contribution in [1.82, 2.24) is 15.2 Å². The fourth-order valence-corrected chi connectivity index (χ4v) is 2.23. The minimum Gasteiger partial charge on any atom is -0.271 e. The van der Waals surface area contributed by atoms with Gasteiger partial charge in [0, 0.05) is 12.4 Å². The zero-order valence-electron chi connectivity index (χ0n) is 10.6. The lowest BCUT2D eigenvalue weighted by atomic mass is 9.99. The summed E-state index contributed by atoms with van der Waals surface area (Å²) in [5, 5.41) is 5.77. The minimum atomic E-state index is 0.112. The summed E-state index contributed by atoms with van der Waals surface area (Å²) in [6, 6.07) is 8.36. The molecule has 92 valence electrons. The summed E-state index contributed by atoms with van der Waals surface area (Å²) in [5.74, 6) is 6.23. The van der Waals surface area contributed by atoms with E-state index < -0.39 is 0 Å². The molecule has 0 spiro atoms. The highest BCUT2D eigenvalue weighted by molar-refractivity contribution is 5.82. The van der Waals surface area contributed by atoms with E-state index in [9.17, 15) is 0 Å². The second kappa shape index (κ2) is 4.85. The van der Waals surface area contributed by atoms with E-state index in [-0.39, 0.29) is 6.04 Å². The summed E-state index contributed by atoms with van der Waals surface area (Å²) >= 11 is 0. The molecule has 1 heterocycles. The number of nitrogens with two attached hydrogens (primary N) is 1. The van der Waals surface area contributed by atoms with Crippen molar-refractivity contribution in [3.05, 3.63) is 30.0 Å². The van der Waals surface area contributed by atoms with Gasteiger partial charge >= 0.3 is 0 Å². The van der Waals surface area contributed by atoms with E-state index in [1.807, 2.05) is 23.9 Å². The molecule has 0 saturated carbocycles. The van der Waals surface area contributed by atoms with E-state index in [4.69, 9.17) is 5.84 Å². The fourth-order valence-electron chi connectivity index (χ4n) is 2.23. The van der Waals surface area contributed by atoms with Crippen LogP contribution < -0.4 is 11.3 Å². The molecule has 1 unspecified atom stereocenters. The summed E-state index contributed by atoms with van der Waals surface area (Å²) in [5.41, 5.74) is 5.07. The van der Waals surface area contributed by atoms with Gasteiger partial charge in [-0.25, -0.2) is 0 Å². The number of hydrazine groups is 1. The Bertz CT molecular complexity index is 501. The first-order valence-electron chi connectivity index (χ1n) is 6.01. The summed E-state index contributed by atoms with van der Waals surface area (Å²) in [7, 11) is 1.97. The number of benzene rings is 1. The van der Waals surface area contributed by atoms with Gasteiger partial charge in [0.1, 0.15) is 0 Å². The molecule has 4 heteroatoms. The zero-order valence-corrected chi connectivity index (χ0v) is 10.6. The SMILES string of the molecule is CC(C)CC(NN)c1nn(C)c2ccccc12. The van der Waals surface area contributed by atoms with E-state index in [1.54, 1.807) is 0 Å². The van der Waals surface area contributed by atoms with Crippen molar-refractivity contribution in [2.75, 3.05) is 0 Å². The van der Waals surface area contributed by atoms with Gasteiger partial charge in [-0.05, 0) is 18.4 Å². The maximum atomic E-state index is 5.65. The Kier molecular flexibility index (Phi) is 3.45. The van der Waals surface area contributed by atoms with Crippen molar-refractivity contribution in [2.45, 2.75) is 26.3 Å². The molecular weight excluding hydrogens is 212 g/mol. The Morgan fingerprint density at radius 1 is 1.35 bits per heavy atom. The van der Waals surface area contributed by atoms with Crippen molar-refractivity contribution in [1.29, 1.82) is 0 Å². The number of aryl methyl sites for hydroxylation is 1. The van der Waals surface area contributed by atoms with Crippen LogP contribution in [0.1, 0.15) is 32.0 Å². The van der Waals surface area contributed by atoms with E-state index in [2.05, 4.69) is 36.5 Å². The van der Waals surface area contributed by atoms with Gasteiger partial charge in [-0.15, -0.1) is 0 Å². The van der Waals surface area contributed by atoms with Crippen molar-refractivity contribution < 1.29 is 0 Å². The van der Waals surface area contributed by atoms with E-state index in [1.165, 1.54) is 5.39 Å². The molecule has 2 aromatic rings. The van der Waals surface area contributed by atoms with Crippen molar-refractivity contribution in [3.63, 3.8) is 0 Å². The molecule has 1 atom stereocenters. The molecule has 4 nitrogen and oxygen atoms in total. The molecular formula is C13H20N4. The number of hydrogen-bond donors (Lipinski definition) is 2. The van der Waals surface area contributed by atoms with Gasteiger partial charge in [-0.3, -0.25) is 16.0 Å². The smallest absolute Gasteiger partial charge is 0.0886 e. The Balaban J connectivity index is 2.46. The van der Waals surface area contributed by atoms with E-state index in [0.717, 1.165) is 17.6 Å². The van der Waals surface area contributed by atoms with Gasteiger partial charge in [-0.2, -0.15) is 5.10 Å². The molecule has 2 rings (SSSR count). The van der Waals surface area contributed by atoms with Crippen LogP contribution in [0.25, 0.3) is 10.9 Å². The lowest BCUT2D eigenvalue weighted by Gasteiger charge is -2.16. The van der Waals surface area contributed by atoms with Crippen LogP contribution in [0.2, 0.25) is 0 Å². The number of nitrogens with one attached hydrogen (secondary N) is 1. The Morgan fingerprint density at radius 3 is 2.71 bits per heavy atom. The topological polar surface area (TPSA) is 55.9 Å². The molecule has 0 aliphatic carbocycles. The van der Waals surface area contributed by atoms with Crippen LogP contribution in [0.15, 0.2) is 24.3 Å². The Hall–Kier alpha value is -1.39. The molecule has 1 aromatic carbocycles. The summed E-state index contributed by atoms with van der Waals surface area (Å²) in [6.07, 6.45) is 0.984. The maximum absolute atomic E-state index is 5.65. The first kappa shape index (κ1) is 12.1. The average Bonchev–Trinajstić information content (AvgIpc) is 2.64. The standard InChI is InChI=1S/C13H20N4/c1-9(2)8-11(15-14)13-10-6-4-5-7-12(10)17(3)16-13/h4-7,9,11,15H,8,14H2,1-3H3. The molecule has 0 bridgehead atoms. The largest absolute Gasteiger partial charge is 0.271 e. The van der Waals surface area contributed by atoms with Gasteiger partial charge in [0.15, 0.2) is 0 Å². The third kappa shape index (κ3) is 2.33. The summed E-state index contributed by atoms with van der Waals surface area (Å²) in [6.45, 7) is 4.38. The first-order chi connectivity index (χ1) is 8.13. The fraction of sp³-hybridized carbons (Fsp3) is 0.462. The number of rotatable bonds is 4. The molecule has 0 aliphatic heterocycles. The van der Waals surface area contributed by atoms with Crippen LogP contribution in [0.5, 0.6) is 0 Å². The van der Waals surface area contributed by atoms with E-state index >= 15 is 0 Å². The van der Waals surface area contributed by atoms with Crippen LogP contribution >= 0.6 is 0 Å². The summed E-state index contributed by atoms with van der Waals surface area (Å²) < 4.78 is 1.91. The highest BCUT2D eigenvalue weighted by atomic mass is 15.3. The van der Waals surface area contributed by atoms with Crippen LogP contribution in [0.4, 0.5) is 0 Å². The van der Waals surface area contributed by atoms with Crippen molar-refractivity contribution >= 4 is 10.9 Å². The number of aromatic nitrogens is 2. The third-order valence-corrected chi connectivity index (χ3v) is 3.02.